The Hall–Kier alpha value is -2.62. The molecule has 2 aromatic carbocycles. The second kappa shape index (κ2) is 5.40. The molecular weight excluding hydrogens is 262 g/mol. The number of aromatic nitrogens is 2. The number of aryl methyl sites for hydroxylation is 1. The number of hydrogen-bond acceptors (Lipinski definition) is 2. The molecule has 0 aliphatic carbocycles. The zero-order valence-electron chi connectivity index (χ0n) is 12.1. The van der Waals surface area contributed by atoms with Crippen molar-refractivity contribution in [1.29, 1.82) is 0 Å². The topological polar surface area (TPSA) is 57.8 Å². The molecule has 21 heavy (non-hydrogen) atoms. The van der Waals surface area contributed by atoms with Crippen molar-refractivity contribution < 1.29 is 4.79 Å². The number of benzene rings is 2. The van der Waals surface area contributed by atoms with Crippen molar-refractivity contribution in [2.24, 2.45) is 0 Å². The molecule has 4 nitrogen and oxygen atoms in total. The molecule has 1 atom stereocenters. The fourth-order valence-electron chi connectivity index (χ4n) is 2.44. The second-order valence-electron chi connectivity index (χ2n) is 5.19. The van der Waals surface area contributed by atoms with E-state index in [1.165, 1.54) is 12.5 Å². The molecule has 1 unspecified atom stereocenters. The monoisotopic (exact) mass is 279 g/mol. The first-order valence-corrected chi connectivity index (χ1v) is 6.92. The number of imidazole rings is 1. The van der Waals surface area contributed by atoms with Crippen LogP contribution in [-0.2, 0) is 4.79 Å². The molecule has 1 heterocycles. The van der Waals surface area contributed by atoms with E-state index in [4.69, 9.17) is 0 Å². The van der Waals surface area contributed by atoms with Gasteiger partial charge in [0.25, 0.3) is 0 Å². The van der Waals surface area contributed by atoms with Crippen molar-refractivity contribution in [2.45, 2.75) is 19.9 Å². The standard InChI is InChI=1S/C17H17N3O/c1-11-8-9-14-15(10-11)20-17(19-14)16(18-12(2)21)13-6-4-3-5-7-13/h3-10,16H,1-2H3,(H,18,21)(H,19,20). The van der Waals surface area contributed by atoms with Crippen LogP contribution in [-0.4, -0.2) is 15.9 Å². The summed E-state index contributed by atoms with van der Waals surface area (Å²) in [5, 5.41) is 2.96. The van der Waals surface area contributed by atoms with Crippen LogP contribution >= 0.6 is 0 Å². The number of carbonyl (C=O) groups is 1. The van der Waals surface area contributed by atoms with E-state index in [9.17, 15) is 4.79 Å². The number of aromatic amines is 1. The number of amides is 1. The van der Waals surface area contributed by atoms with E-state index < -0.39 is 0 Å². The molecule has 4 heteroatoms. The molecule has 0 spiro atoms. The minimum Gasteiger partial charge on any atom is -0.342 e. The summed E-state index contributed by atoms with van der Waals surface area (Å²) >= 11 is 0. The van der Waals surface area contributed by atoms with Gasteiger partial charge in [0.15, 0.2) is 0 Å². The Labute approximate surface area is 123 Å². The first-order chi connectivity index (χ1) is 10.1. The summed E-state index contributed by atoms with van der Waals surface area (Å²) in [5.41, 5.74) is 4.06. The summed E-state index contributed by atoms with van der Waals surface area (Å²) in [7, 11) is 0. The van der Waals surface area contributed by atoms with Gasteiger partial charge >= 0.3 is 0 Å². The molecule has 3 aromatic rings. The van der Waals surface area contributed by atoms with Crippen LogP contribution in [0.2, 0.25) is 0 Å². The zero-order chi connectivity index (χ0) is 14.8. The van der Waals surface area contributed by atoms with Gasteiger partial charge in [-0.2, -0.15) is 0 Å². The number of hydrogen-bond donors (Lipinski definition) is 2. The first-order valence-electron chi connectivity index (χ1n) is 6.92. The Morgan fingerprint density at radius 2 is 1.95 bits per heavy atom. The average Bonchev–Trinajstić information content (AvgIpc) is 2.88. The van der Waals surface area contributed by atoms with E-state index in [-0.39, 0.29) is 11.9 Å². The second-order valence-corrected chi connectivity index (χ2v) is 5.19. The number of H-pyrrole nitrogens is 1. The normalized spacial score (nSPS) is 12.3. The van der Waals surface area contributed by atoms with Gasteiger partial charge in [0.1, 0.15) is 11.9 Å². The highest BCUT2D eigenvalue weighted by atomic mass is 16.1. The van der Waals surface area contributed by atoms with Gasteiger partial charge in [0.05, 0.1) is 11.0 Å². The summed E-state index contributed by atoms with van der Waals surface area (Å²) < 4.78 is 0. The molecule has 0 aliphatic heterocycles. The molecule has 0 radical (unpaired) electrons. The summed E-state index contributed by atoms with van der Waals surface area (Å²) in [6, 6.07) is 15.6. The molecule has 2 N–H and O–H groups in total. The van der Waals surface area contributed by atoms with Gasteiger partial charge in [-0.1, -0.05) is 36.4 Å². The highest BCUT2D eigenvalue weighted by Gasteiger charge is 2.18. The van der Waals surface area contributed by atoms with Crippen molar-refractivity contribution in [3.63, 3.8) is 0 Å². The smallest absolute Gasteiger partial charge is 0.217 e. The molecule has 3 rings (SSSR count). The number of fused-ring (bicyclic) bond motifs is 1. The lowest BCUT2D eigenvalue weighted by molar-refractivity contribution is -0.119. The maximum atomic E-state index is 11.5. The van der Waals surface area contributed by atoms with Crippen molar-refractivity contribution in [3.8, 4) is 0 Å². The van der Waals surface area contributed by atoms with Crippen LogP contribution in [0.1, 0.15) is 29.9 Å². The molecule has 0 saturated heterocycles. The van der Waals surface area contributed by atoms with E-state index in [0.29, 0.717) is 0 Å². The summed E-state index contributed by atoms with van der Waals surface area (Å²) in [4.78, 5) is 19.4. The van der Waals surface area contributed by atoms with E-state index in [0.717, 1.165) is 22.4 Å². The Balaban J connectivity index is 2.07. The molecule has 106 valence electrons. The van der Waals surface area contributed by atoms with Crippen molar-refractivity contribution in [1.82, 2.24) is 15.3 Å². The predicted octanol–water partition coefficient (Wildman–Crippen LogP) is 3.10. The highest BCUT2D eigenvalue weighted by molar-refractivity contribution is 5.77. The summed E-state index contributed by atoms with van der Waals surface area (Å²) in [5.74, 6) is 0.664. The SMILES string of the molecule is CC(=O)NC(c1ccccc1)c1nc2ccc(C)cc2[nH]1. The van der Waals surface area contributed by atoms with E-state index in [2.05, 4.69) is 21.4 Å². The van der Waals surface area contributed by atoms with Gasteiger partial charge in [-0.15, -0.1) is 0 Å². The van der Waals surface area contributed by atoms with Crippen molar-refractivity contribution in [3.05, 3.63) is 65.5 Å². The minimum atomic E-state index is -0.267. The van der Waals surface area contributed by atoms with Crippen LogP contribution in [0.4, 0.5) is 0 Å². The Bertz CT molecular complexity index is 777. The maximum absolute atomic E-state index is 11.5. The van der Waals surface area contributed by atoms with E-state index in [1.54, 1.807) is 0 Å². The number of nitrogens with zero attached hydrogens (tertiary/aromatic N) is 1. The van der Waals surface area contributed by atoms with Crippen molar-refractivity contribution >= 4 is 16.9 Å². The third kappa shape index (κ3) is 2.79. The van der Waals surface area contributed by atoms with Gasteiger partial charge in [0.2, 0.25) is 5.91 Å². The van der Waals surface area contributed by atoms with Crippen LogP contribution < -0.4 is 5.32 Å². The van der Waals surface area contributed by atoms with E-state index >= 15 is 0 Å². The summed E-state index contributed by atoms with van der Waals surface area (Å²) in [6.07, 6.45) is 0. The molecule has 1 amide bonds. The zero-order valence-corrected chi connectivity index (χ0v) is 12.1. The lowest BCUT2D eigenvalue weighted by Crippen LogP contribution is -2.27. The van der Waals surface area contributed by atoms with Gasteiger partial charge in [-0.05, 0) is 30.2 Å². The number of carbonyl (C=O) groups excluding carboxylic acids is 1. The molecule has 0 fully saturated rings. The van der Waals surface area contributed by atoms with Gasteiger partial charge in [-0.3, -0.25) is 4.79 Å². The number of rotatable bonds is 3. The van der Waals surface area contributed by atoms with Crippen LogP contribution in [0.5, 0.6) is 0 Å². The van der Waals surface area contributed by atoms with E-state index in [1.807, 2.05) is 49.4 Å². The molecule has 0 saturated carbocycles. The molecule has 0 bridgehead atoms. The minimum absolute atomic E-state index is 0.0829. The molecule has 1 aromatic heterocycles. The first kappa shape index (κ1) is 13.4. The van der Waals surface area contributed by atoms with Crippen LogP contribution in [0.3, 0.4) is 0 Å². The van der Waals surface area contributed by atoms with Crippen molar-refractivity contribution in [2.75, 3.05) is 0 Å². The Kier molecular flexibility index (Phi) is 3.44. The Morgan fingerprint density at radius 3 is 2.67 bits per heavy atom. The average molecular weight is 279 g/mol. The Morgan fingerprint density at radius 1 is 1.19 bits per heavy atom. The predicted molar refractivity (Wildman–Crippen MR) is 82.9 cm³/mol. The van der Waals surface area contributed by atoms with Crippen LogP contribution in [0.15, 0.2) is 48.5 Å². The van der Waals surface area contributed by atoms with Crippen LogP contribution in [0.25, 0.3) is 11.0 Å². The maximum Gasteiger partial charge on any atom is 0.217 e. The molecule has 0 aliphatic rings. The highest BCUT2D eigenvalue weighted by Crippen LogP contribution is 2.23. The van der Waals surface area contributed by atoms with Gasteiger partial charge in [0, 0.05) is 6.92 Å². The number of nitrogens with one attached hydrogen (secondary N) is 2. The third-order valence-corrected chi connectivity index (χ3v) is 3.41. The fourth-order valence-corrected chi connectivity index (χ4v) is 2.44. The largest absolute Gasteiger partial charge is 0.342 e. The van der Waals surface area contributed by atoms with Gasteiger partial charge < -0.3 is 10.3 Å². The van der Waals surface area contributed by atoms with Gasteiger partial charge in [-0.25, -0.2) is 4.98 Å². The lowest BCUT2D eigenvalue weighted by atomic mass is 10.1. The quantitative estimate of drug-likeness (QED) is 0.774. The lowest BCUT2D eigenvalue weighted by Gasteiger charge is -2.15. The fraction of sp³-hybridized carbons (Fsp3) is 0.176. The molecular formula is C17H17N3O. The third-order valence-electron chi connectivity index (χ3n) is 3.41. The van der Waals surface area contributed by atoms with Crippen LogP contribution in [0, 0.1) is 6.92 Å². The summed E-state index contributed by atoms with van der Waals surface area (Å²) in [6.45, 7) is 3.56.